The Morgan fingerprint density at radius 1 is 1.70 bits per heavy atom. The molecule has 0 saturated heterocycles. The summed E-state index contributed by atoms with van der Waals surface area (Å²) in [6.07, 6.45) is 2.60. The molecule has 0 aliphatic rings. The third kappa shape index (κ3) is 4.13. The average Bonchev–Trinajstić information content (AvgIpc) is 1.59. The smallest absolute Gasteiger partial charge is 0.217 e. The predicted octanol–water partition coefficient (Wildman–Crippen LogP) is 1.48. The van der Waals surface area contributed by atoms with Gasteiger partial charge in [0.15, 0.2) is 0 Å². The van der Waals surface area contributed by atoms with Crippen molar-refractivity contribution in [1.29, 1.82) is 0 Å². The Morgan fingerprint density at radius 3 is 2.50 bits per heavy atom. The number of amides is 1. The highest BCUT2D eigenvalue weighted by atomic mass is 16.1. The van der Waals surface area contributed by atoms with Gasteiger partial charge in [-0.05, 0) is 20.3 Å². The summed E-state index contributed by atoms with van der Waals surface area (Å²) < 4.78 is 0. The van der Waals surface area contributed by atoms with Crippen LogP contribution in [0.3, 0.4) is 0 Å². The first-order chi connectivity index (χ1) is 4.48. The number of carbonyl (C=O) groups is 1. The van der Waals surface area contributed by atoms with Gasteiger partial charge in [-0.1, -0.05) is 6.08 Å². The monoisotopic (exact) mass is 141 g/mol. The van der Waals surface area contributed by atoms with Crippen molar-refractivity contribution in [3.05, 3.63) is 12.7 Å². The van der Waals surface area contributed by atoms with Crippen molar-refractivity contribution < 1.29 is 4.79 Å². The van der Waals surface area contributed by atoms with Gasteiger partial charge in [0.1, 0.15) is 0 Å². The molecule has 0 fully saturated rings. The van der Waals surface area contributed by atoms with Gasteiger partial charge in [0.25, 0.3) is 0 Å². The fourth-order valence-electron chi connectivity index (χ4n) is 0.888. The molecule has 58 valence electrons. The lowest BCUT2D eigenvalue weighted by molar-refractivity contribution is -0.120. The molecule has 0 atom stereocenters. The molecule has 0 rings (SSSR count). The van der Waals surface area contributed by atoms with Crippen LogP contribution in [0, 0.1) is 0 Å². The third-order valence-electron chi connectivity index (χ3n) is 1.17. The van der Waals surface area contributed by atoms with Crippen LogP contribution in [0.2, 0.25) is 0 Å². The SMILES string of the molecule is C=CCC(C)(C)NC(C)=O. The summed E-state index contributed by atoms with van der Waals surface area (Å²) in [7, 11) is 0. The number of rotatable bonds is 3. The quantitative estimate of drug-likeness (QED) is 0.592. The Morgan fingerprint density at radius 2 is 2.20 bits per heavy atom. The van der Waals surface area contributed by atoms with Crippen LogP contribution in [0.4, 0.5) is 0 Å². The van der Waals surface area contributed by atoms with Gasteiger partial charge in [-0.2, -0.15) is 0 Å². The highest BCUT2D eigenvalue weighted by Gasteiger charge is 2.15. The van der Waals surface area contributed by atoms with Crippen molar-refractivity contribution >= 4 is 5.91 Å². The molecule has 1 amide bonds. The zero-order chi connectivity index (χ0) is 8.20. The first-order valence-corrected chi connectivity index (χ1v) is 3.37. The summed E-state index contributed by atoms with van der Waals surface area (Å²) in [5.74, 6) is 0.00634. The van der Waals surface area contributed by atoms with Gasteiger partial charge in [-0.3, -0.25) is 4.79 Å². The summed E-state index contributed by atoms with van der Waals surface area (Å²) in [5, 5.41) is 2.81. The number of hydrogen-bond donors (Lipinski definition) is 1. The zero-order valence-electron chi connectivity index (χ0n) is 6.90. The molecular formula is C8H15NO. The first kappa shape index (κ1) is 9.21. The molecule has 0 aromatic rings. The van der Waals surface area contributed by atoms with Crippen molar-refractivity contribution in [2.24, 2.45) is 0 Å². The second kappa shape index (κ2) is 3.40. The van der Waals surface area contributed by atoms with Gasteiger partial charge in [-0.15, -0.1) is 6.58 Å². The molecule has 10 heavy (non-hydrogen) atoms. The molecule has 2 nitrogen and oxygen atoms in total. The van der Waals surface area contributed by atoms with Gasteiger partial charge in [0.2, 0.25) is 5.91 Å². The zero-order valence-corrected chi connectivity index (χ0v) is 6.90. The lowest BCUT2D eigenvalue weighted by atomic mass is 10.0. The molecule has 0 aliphatic heterocycles. The van der Waals surface area contributed by atoms with Crippen LogP contribution in [0.5, 0.6) is 0 Å². The van der Waals surface area contributed by atoms with Crippen LogP contribution in [0.15, 0.2) is 12.7 Å². The normalized spacial score (nSPS) is 10.7. The second-order valence-corrected chi connectivity index (χ2v) is 3.06. The first-order valence-electron chi connectivity index (χ1n) is 3.37. The standard InChI is InChI=1S/C8H15NO/c1-5-6-8(3,4)9-7(2)10/h5H,1,6H2,2-4H3,(H,9,10). The molecule has 0 radical (unpaired) electrons. The van der Waals surface area contributed by atoms with Crippen molar-refractivity contribution in [2.45, 2.75) is 32.7 Å². The van der Waals surface area contributed by atoms with E-state index in [-0.39, 0.29) is 11.4 Å². The molecule has 2 heteroatoms. The average molecular weight is 141 g/mol. The fraction of sp³-hybridized carbons (Fsp3) is 0.625. The van der Waals surface area contributed by atoms with E-state index in [0.29, 0.717) is 0 Å². The van der Waals surface area contributed by atoms with E-state index < -0.39 is 0 Å². The maximum atomic E-state index is 10.6. The lowest BCUT2D eigenvalue weighted by Gasteiger charge is -2.23. The highest BCUT2D eigenvalue weighted by molar-refractivity contribution is 5.73. The lowest BCUT2D eigenvalue weighted by Crippen LogP contribution is -2.41. The Kier molecular flexibility index (Phi) is 3.13. The largest absolute Gasteiger partial charge is 0.351 e. The molecule has 0 bridgehead atoms. The van der Waals surface area contributed by atoms with Gasteiger partial charge < -0.3 is 5.32 Å². The summed E-state index contributed by atoms with van der Waals surface area (Å²) in [5.41, 5.74) is -0.145. The topological polar surface area (TPSA) is 29.1 Å². The Labute approximate surface area is 62.3 Å². The third-order valence-corrected chi connectivity index (χ3v) is 1.17. The van der Waals surface area contributed by atoms with E-state index in [4.69, 9.17) is 0 Å². The molecule has 0 spiro atoms. The Balaban J connectivity index is 3.85. The van der Waals surface area contributed by atoms with Gasteiger partial charge >= 0.3 is 0 Å². The minimum atomic E-state index is -0.145. The molecule has 0 aromatic heterocycles. The van der Waals surface area contributed by atoms with Crippen LogP contribution in [-0.2, 0) is 4.79 Å². The Bertz CT molecular complexity index is 138. The number of nitrogens with one attached hydrogen (secondary N) is 1. The maximum absolute atomic E-state index is 10.6. The minimum absolute atomic E-state index is 0.00634. The second-order valence-electron chi connectivity index (χ2n) is 3.06. The van der Waals surface area contributed by atoms with E-state index in [9.17, 15) is 4.79 Å². The van der Waals surface area contributed by atoms with Crippen molar-refractivity contribution in [1.82, 2.24) is 5.32 Å². The van der Waals surface area contributed by atoms with E-state index in [1.165, 1.54) is 6.92 Å². The summed E-state index contributed by atoms with van der Waals surface area (Å²) in [6.45, 7) is 9.06. The van der Waals surface area contributed by atoms with E-state index in [2.05, 4.69) is 11.9 Å². The minimum Gasteiger partial charge on any atom is -0.351 e. The van der Waals surface area contributed by atoms with Crippen LogP contribution in [-0.4, -0.2) is 11.4 Å². The molecule has 0 aromatic carbocycles. The maximum Gasteiger partial charge on any atom is 0.217 e. The van der Waals surface area contributed by atoms with Crippen molar-refractivity contribution in [3.8, 4) is 0 Å². The number of carbonyl (C=O) groups excluding carboxylic acids is 1. The van der Waals surface area contributed by atoms with Crippen LogP contribution >= 0.6 is 0 Å². The summed E-state index contributed by atoms with van der Waals surface area (Å²) >= 11 is 0. The van der Waals surface area contributed by atoms with E-state index in [1.54, 1.807) is 6.08 Å². The van der Waals surface area contributed by atoms with E-state index >= 15 is 0 Å². The highest BCUT2D eigenvalue weighted by Crippen LogP contribution is 2.07. The Hall–Kier alpha value is -0.790. The summed E-state index contributed by atoms with van der Waals surface area (Å²) in [6, 6.07) is 0. The van der Waals surface area contributed by atoms with E-state index in [0.717, 1.165) is 6.42 Å². The van der Waals surface area contributed by atoms with Gasteiger partial charge in [0.05, 0.1) is 0 Å². The van der Waals surface area contributed by atoms with Crippen molar-refractivity contribution in [3.63, 3.8) is 0 Å². The van der Waals surface area contributed by atoms with Crippen molar-refractivity contribution in [2.75, 3.05) is 0 Å². The molecule has 0 aliphatic carbocycles. The van der Waals surface area contributed by atoms with E-state index in [1.807, 2.05) is 13.8 Å². The van der Waals surface area contributed by atoms with Crippen LogP contribution in [0.1, 0.15) is 27.2 Å². The molecular weight excluding hydrogens is 126 g/mol. The van der Waals surface area contributed by atoms with Gasteiger partial charge in [0, 0.05) is 12.5 Å². The molecule has 0 saturated carbocycles. The van der Waals surface area contributed by atoms with Crippen LogP contribution < -0.4 is 5.32 Å². The van der Waals surface area contributed by atoms with Crippen LogP contribution in [0.25, 0.3) is 0 Å². The number of hydrogen-bond acceptors (Lipinski definition) is 1. The summed E-state index contributed by atoms with van der Waals surface area (Å²) in [4.78, 5) is 10.6. The molecule has 0 heterocycles. The molecule has 0 unspecified atom stereocenters. The van der Waals surface area contributed by atoms with Gasteiger partial charge in [-0.25, -0.2) is 0 Å². The molecule has 1 N–H and O–H groups in total. The predicted molar refractivity (Wildman–Crippen MR) is 42.7 cm³/mol. The fourth-order valence-corrected chi connectivity index (χ4v) is 0.888.